The second-order valence-corrected chi connectivity index (χ2v) is 6.98. The molecule has 0 unspecified atom stereocenters. The zero-order valence-corrected chi connectivity index (χ0v) is 16.6. The summed E-state index contributed by atoms with van der Waals surface area (Å²) in [4.78, 5) is 36.9. The van der Waals surface area contributed by atoms with Gasteiger partial charge in [0.15, 0.2) is 6.61 Å². The monoisotopic (exact) mass is 455 g/mol. The van der Waals surface area contributed by atoms with Gasteiger partial charge in [-0.2, -0.15) is 4.98 Å². The normalized spacial score (nSPS) is 10.9. The van der Waals surface area contributed by atoms with Crippen LogP contribution in [0.25, 0.3) is 22.3 Å². The minimum absolute atomic E-state index is 0.00466. The van der Waals surface area contributed by atoms with Crippen LogP contribution in [-0.2, 0) is 22.7 Å². The second-order valence-electron chi connectivity index (χ2n) is 6.07. The molecule has 9 nitrogen and oxygen atoms in total. The van der Waals surface area contributed by atoms with Gasteiger partial charge < -0.3 is 9.26 Å². The number of hydrogen-bond donors (Lipinski definition) is 0. The van der Waals surface area contributed by atoms with Crippen LogP contribution in [0.3, 0.4) is 0 Å². The number of nitrogens with zero attached hydrogens (tertiary/aromatic N) is 5. The van der Waals surface area contributed by atoms with E-state index in [1.807, 2.05) is 6.07 Å². The highest BCUT2D eigenvalue weighted by atomic mass is 79.9. The van der Waals surface area contributed by atoms with Crippen molar-refractivity contribution >= 4 is 32.8 Å². The van der Waals surface area contributed by atoms with E-state index in [0.29, 0.717) is 22.3 Å². The number of pyridine rings is 1. The van der Waals surface area contributed by atoms with Crippen molar-refractivity contribution in [3.05, 3.63) is 69.8 Å². The fourth-order valence-electron chi connectivity index (χ4n) is 2.64. The number of ether oxygens (including phenoxy) is 1. The van der Waals surface area contributed by atoms with Gasteiger partial charge in [0.2, 0.25) is 5.82 Å². The highest BCUT2D eigenvalue weighted by Crippen LogP contribution is 2.15. The molecule has 0 radical (unpaired) electrons. The van der Waals surface area contributed by atoms with Crippen LogP contribution in [0.2, 0.25) is 0 Å². The van der Waals surface area contributed by atoms with Gasteiger partial charge >= 0.3 is 5.97 Å². The molecule has 29 heavy (non-hydrogen) atoms. The van der Waals surface area contributed by atoms with E-state index in [9.17, 15) is 9.59 Å². The molecule has 0 N–H and O–H groups in total. The maximum atomic E-state index is 12.5. The number of carbonyl (C=O) groups is 1. The Bertz CT molecular complexity index is 1220. The molecule has 3 aromatic heterocycles. The average Bonchev–Trinajstić information content (AvgIpc) is 3.22. The van der Waals surface area contributed by atoms with Crippen molar-refractivity contribution in [1.82, 2.24) is 24.7 Å². The number of carbonyl (C=O) groups excluding carboxylic acids is 1. The first-order chi connectivity index (χ1) is 14.1. The van der Waals surface area contributed by atoms with Crippen LogP contribution in [0.1, 0.15) is 12.3 Å². The smallest absolute Gasteiger partial charge is 0.308 e. The summed E-state index contributed by atoms with van der Waals surface area (Å²) < 4.78 is 12.4. The summed E-state index contributed by atoms with van der Waals surface area (Å²) in [5.41, 5.74) is 1.07. The average molecular weight is 456 g/mol. The Morgan fingerprint density at radius 1 is 1.28 bits per heavy atom. The van der Waals surface area contributed by atoms with Crippen molar-refractivity contribution in [2.75, 3.05) is 0 Å². The fraction of sp³-hybridized carbons (Fsp3) is 0.158. The van der Waals surface area contributed by atoms with Gasteiger partial charge in [0.1, 0.15) is 0 Å². The van der Waals surface area contributed by atoms with Crippen molar-refractivity contribution in [3.63, 3.8) is 0 Å². The standard InChI is InChI=1S/C19H14BrN5O4/c20-13-3-4-15-14(8-13)19(27)25(11-22-15)7-5-17(26)28-10-16-23-18(24-29-16)12-2-1-6-21-9-12/h1-4,6,8-9,11H,5,7,10H2. The third kappa shape index (κ3) is 4.37. The van der Waals surface area contributed by atoms with Crippen molar-refractivity contribution < 1.29 is 14.1 Å². The number of aryl methyl sites for hydroxylation is 1. The Morgan fingerprint density at radius 3 is 3.00 bits per heavy atom. The quantitative estimate of drug-likeness (QED) is 0.407. The molecule has 0 aliphatic heterocycles. The molecule has 0 aliphatic carbocycles. The van der Waals surface area contributed by atoms with Crippen LogP contribution in [0.5, 0.6) is 0 Å². The third-order valence-electron chi connectivity index (χ3n) is 4.09. The van der Waals surface area contributed by atoms with Crippen LogP contribution in [-0.4, -0.2) is 30.6 Å². The molecule has 10 heteroatoms. The van der Waals surface area contributed by atoms with Crippen LogP contribution < -0.4 is 5.56 Å². The van der Waals surface area contributed by atoms with Crippen LogP contribution in [0.4, 0.5) is 0 Å². The molecule has 4 rings (SSSR count). The van der Waals surface area contributed by atoms with Gasteiger partial charge in [-0.05, 0) is 30.3 Å². The Hall–Kier alpha value is -3.40. The molecule has 0 bridgehead atoms. The van der Waals surface area contributed by atoms with Gasteiger partial charge in [-0.1, -0.05) is 21.1 Å². The van der Waals surface area contributed by atoms with E-state index in [1.165, 1.54) is 10.9 Å². The summed E-state index contributed by atoms with van der Waals surface area (Å²) in [5, 5.41) is 4.31. The number of fused-ring (bicyclic) bond motifs is 1. The first kappa shape index (κ1) is 18.9. The van der Waals surface area contributed by atoms with Gasteiger partial charge in [0.05, 0.1) is 23.7 Å². The second kappa shape index (κ2) is 8.31. The van der Waals surface area contributed by atoms with E-state index in [4.69, 9.17) is 9.26 Å². The topological polar surface area (TPSA) is 113 Å². The summed E-state index contributed by atoms with van der Waals surface area (Å²) in [7, 11) is 0. The van der Waals surface area contributed by atoms with Gasteiger partial charge in [-0.25, -0.2) is 4.98 Å². The lowest BCUT2D eigenvalue weighted by Crippen LogP contribution is -2.22. The third-order valence-corrected chi connectivity index (χ3v) is 4.58. The summed E-state index contributed by atoms with van der Waals surface area (Å²) in [6.45, 7) is 0.00179. The molecular formula is C19H14BrN5O4. The summed E-state index contributed by atoms with van der Waals surface area (Å²) >= 11 is 3.34. The minimum atomic E-state index is -0.493. The first-order valence-electron chi connectivity index (χ1n) is 8.63. The maximum absolute atomic E-state index is 12.5. The molecule has 146 valence electrons. The first-order valence-corrected chi connectivity index (χ1v) is 9.43. The molecular weight excluding hydrogens is 442 g/mol. The molecule has 3 heterocycles. The summed E-state index contributed by atoms with van der Waals surface area (Å²) in [6, 6.07) is 8.82. The van der Waals surface area contributed by atoms with Gasteiger partial charge in [0.25, 0.3) is 11.4 Å². The highest BCUT2D eigenvalue weighted by Gasteiger charge is 2.12. The zero-order valence-electron chi connectivity index (χ0n) is 15.0. The van der Waals surface area contributed by atoms with E-state index < -0.39 is 5.97 Å². The van der Waals surface area contributed by atoms with Crippen LogP contribution >= 0.6 is 15.9 Å². The largest absolute Gasteiger partial charge is 0.456 e. The van der Waals surface area contributed by atoms with E-state index >= 15 is 0 Å². The number of benzene rings is 1. The van der Waals surface area contributed by atoms with Crippen LogP contribution in [0, 0.1) is 0 Å². The molecule has 0 atom stereocenters. The van der Waals surface area contributed by atoms with E-state index in [1.54, 1.807) is 36.7 Å². The van der Waals surface area contributed by atoms with E-state index in [2.05, 4.69) is 36.0 Å². The lowest BCUT2D eigenvalue weighted by molar-refractivity contribution is -0.146. The zero-order chi connectivity index (χ0) is 20.2. The summed E-state index contributed by atoms with van der Waals surface area (Å²) in [6.07, 6.45) is 4.67. The summed E-state index contributed by atoms with van der Waals surface area (Å²) in [5.74, 6) is 0.0445. The van der Waals surface area contributed by atoms with E-state index in [-0.39, 0.29) is 31.0 Å². The lowest BCUT2D eigenvalue weighted by Gasteiger charge is -2.06. The van der Waals surface area contributed by atoms with Gasteiger partial charge in [0, 0.05) is 29.0 Å². The van der Waals surface area contributed by atoms with Crippen molar-refractivity contribution in [2.45, 2.75) is 19.6 Å². The predicted octanol–water partition coefficient (Wildman–Crippen LogP) is 2.74. The molecule has 4 aromatic rings. The Kier molecular flexibility index (Phi) is 5.43. The van der Waals surface area contributed by atoms with Crippen LogP contribution in [0.15, 0.2) is 62.8 Å². The molecule has 1 aromatic carbocycles. The maximum Gasteiger partial charge on any atom is 0.308 e. The number of halogens is 1. The predicted molar refractivity (Wildman–Crippen MR) is 106 cm³/mol. The van der Waals surface area contributed by atoms with Gasteiger partial charge in [-0.15, -0.1) is 0 Å². The number of esters is 1. The van der Waals surface area contributed by atoms with Gasteiger partial charge in [-0.3, -0.25) is 19.1 Å². The van der Waals surface area contributed by atoms with E-state index in [0.717, 1.165) is 4.47 Å². The molecule has 0 fully saturated rings. The number of aromatic nitrogens is 5. The van der Waals surface area contributed by atoms with Crippen molar-refractivity contribution in [1.29, 1.82) is 0 Å². The Labute approximate surface area is 172 Å². The number of rotatable bonds is 6. The molecule has 0 aliphatic rings. The molecule has 0 saturated carbocycles. The SMILES string of the molecule is O=C(CCn1cnc2ccc(Br)cc2c1=O)OCc1nc(-c2cccnc2)no1. The fourth-order valence-corrected chi connectivity index (χ4v) is 3.00. The Balaban J connectivity index is 1.35. The molecule has 0 saturated heterocycles. The Morgan fingerprint density at radius 2 is 2.17 bits per heavy atom. The van der Waals surface area contributed by atoms with Crippen molar-refractivity contribution in [2.24, 2.45) is 0 Å². The van der Waals surface area contributed by atoms with Crippen molar-refractivity contribution in [3.8, 4) is 11.4 Å². The molecule has 0 amide bonds. The minimum Gasteiger partial charge on any atom is -0.456 e. The lowest BCUT2D eigenvalue weighted by atomic mass is 10.2. The highest BCUT2D eigenvalue weighted by molar-refractivity contribution is 9.10. The molecule has 0 spiro atoms. The number of hydrogen-bond acceptors (Lipinski definition) is 8.